The Kier molecular flexibility index (Phi) is 3.80. The highest BCUT2D eigenvalue weighted by Crippen LogP contribution is 2.33. The first-order valence-electron chi connectivity index (χ1n) is 7.05. The van der Waals surface area contributed by atoms with Crippen molar-refractivity contribution in [2.24, 2.45) is 0 Å². The van der Waals surface area contributed by atoms with Crippen molar-refractivity contribution in [3.63, 3.8) is 0 Å². The minimum atomic E-state index is -0.109. The summed E-state index contributed by atoms with van der Waals surface area (Å²) in [6.45, 7) is 0.366. The summed E-state index contributed by atoms with van der Waals surface area (Å²) < 4.78 is 4.74. The number of carbonyl (C=O) groups is 1. The summed E-state index contributed by atoms with van der Waals surface area (Å²) in [6.07, 6.45) is 9.11. The highest BCUT2D eigenvalue weighted by Gasteiger charge is 2.23. The van der Waals surface area contributed by atoms with Crippen molar-refractivity contribution in [2.75, 3.05) is 0 Å². The Morgan fingerprint density at radius 2 is 2.25 bits per heavy atom. The van der Waals surface area contributed by atoms with Gasteiger partial charge < -0.3 is 9.84 Å². The number of hydrogen-bond acceptors (Lipinski definition) is 4. The van der Waals surface area contributed by atoms with Crippen molar-refractivity contribution in [1.82, 2.24) is 20.7 Å². The zero-order valence-electron chi connectivity index (χ0n) is 11.3. The molecule has 3 rings (SSSR count). The predicted octanol–water partition coefficient (Wildman–Crippen LogP) is 2.38. The van der Waals surface area contributed by atoms with Gasteiger partial charge in [0.25, 0.3) is 5.91 Å². The van der Waals surface area contributed by atoms with Crippen LogP contribution in [-0.4, -0.2) is 21.3 Å². The number of H-pyrrole nitrogens is 1. The standard InChI is InChI=1S/C14H18N4O2/c19-14(15-8-11-6-7-20-18-11)12-9-16-17-13(12)10-4-2-1-3-5-10/h6-7,9-10H,1-5,8H2,(H,15,19)(H,16,17). The van der Waals surface area contributed by atoms with Gasteiger partial charge in [0.05, 0.1) is 24.0 Å². The zero-order chi connectivity index (χ0) is 13.8. The molecule has 106 valence electrons. The van der Waals surface area contributed by atoms with Crippen molar-refractivity contribution in [3.8, 4) is 0 Å². The van der Waals surface area contributed by atoms with E-state index in [0.29, 0.717) is 23.7 Å². The number of aromatic nitrogens is 3. The summed E-state index contributed by atoms with van der Waals surface area (Å²) >= 11 is 0. The molecule has 1 saturated carbocycles. The van der Waals surface area contributed by atoms with Gasteiger partial charge in [-0.1, -0.05) is 24.4 Å². The molecule has 1 fully saturated rings. The highest BCUT2D eigenvalue weighted by molar-refractivity contribution is 5.95. The predicted molar refractivity (Wildman–Crippen MR) is 72.1 cm³/mol. The minimum Gasteiger partial charge on any atom is -0.364 e. The van der Waals surface area contributed by atoms with Crippen molar-refractivity contribution >= 4 is 5.91 Å². The van der Waals surface area contributed by atoms with Crippen molar-refractivity contribution in [1.29, 1.82) is 0 Å². The lowest BCUT2D eigenvalue weighted by Gasteiger charge is -2.21. The van der Waals surface area contributed by atoms with Crippen molar-refractivity contribution in [2.45, 2.75) is 44.6 Å². The van der Waals surface area contributed by atoms with Crippen LogP contribution in [0.15, 0.2) is 23.0 Å². The van der Waals surface area contributed by atoms with Crippen LogP contribution in [0.1, 0.15) is 59.8 Å². The fraction of sp³-hybridized carbons (Fsp3) is 0.500. The number of hydrogen-bond donors (Lipinski definition) is 2. The van der Waals surface area contributed by atoms with E-state index in [9.17, 15) is 4.79 Å². The maximum absolute atomic E-state index is 12.2. The summed E-state index contributed by atoms with van der Waals surface area (Å²) in [7, 11) is 0. The smallest absolute Gasteiger partial charge is 0.255 e. The van der Waals surface area contributed by atoms with Crippen molar-refractivity contribution < 1.29 is 9.32 Å². The van der Waals surface area contributed by atoms with Gasteiger partial charge in [-0.2, -0.15) is 5.10 Å². The average Bonchev–Trinajstić information content (AvgIpc) is 3.17. The topological polar surface area (TPSA) is 83.8 Å². The lowest BCUT2D eigenvalue weighted by atomic mass is 9.85. The number of carbonyl (C=O) groups excluding carboxylic acids is 1. The summed E-state index contributed by atoms with van der Waals surface area (Å²) in [5.41, 5.74) is 2.34. The minimum absolute atomic E-state index is 0.109. The molecule has 6 nitrogen and oxygen atoms in total. The Morgan fingerprint density at radius 3 is 3.00 bits per heavy atom. The third-order valence-corrected chi connectivity index (χ3v) is 3.85. The molecule has 1 amide bonds. The molecule has 0 radical (unpaired) electrons. The number of aromatic amines is 1. The fourth-order valence-electron chi connectivity index (χ4n) is 2.77. The number of rotatable bonds is 4. The molecule has 2 aromatic rings. The second-order valence-corrected chi connectivity index (χ2v) is 5.21. The van der Waals surface area contributed by atoms with E-state index in [1.165, 1.54) is 25.5 Å². The molecule has 2 N–H and O–H groups in total. The van der Waals surface area contributed by atoms with E-state index in [0.717, 1.165) is 18.5 Å². The van der Waals surface area contributed by atoms with Crippen LogP contribution in [0.3, 0.4) is 0 Å². The number of nitrogens with zero attached hydrogens (tertiary/aromatic N) is 2. The van der Waals surface area contributed by atoms with Gasteiger partial charge in [-0.05, 0) is 12.8 Å². The quantitative estimate of drug-likeness (QED) is 0.896. The van der Waals surface area contributed by atoms with Crippen LogP contribution >= 0.6 is 0 Å². The Hall–Kier alpha value is -2.11. The van der Waals surface area contributed by atoms with Crippen LogP contribution in [0, 0.1) is 0 Å². The second-order valence-electron chi connectivity index (χ2n) is 5.21. The van der Waals surface area contributed by atoms with E-state index in [-0.39, 0.29) is 5.91 Å². The molecule has 20 heavy (non-hydrogen) atoms. The molecule has 0 atom stereocenters. The van der Waals surface area contributed by atoms with E-state index in [4.69, 9.17) is 4.52 Å². The summed E-state index contributed by atoms with van der Waals surface area (Å²) in [5.74, 6) is 0.321. The normalized spacial score (nSPS) is 16.2. The van der Waals surface area contributed by atoms with Crippen LogP contribution in [0.5, 0.6) is 0 Å². The van der Waals surface area contributed by atoms with E-state index >= 15 is 0 Å². The average molecular weight is 274 g/mol. The Morgan fingerprint density at radius 1 is 1.40 bits per heavy atom. The molecular weight excluding hydrogens is 256 g/mol. The Bertz CT molecular complexity index is 556. The molecule has 0 aromatic carbocycles. The molecule has 0 saturated heterocycles. The molecule has 0 unspecified atom stereocenters. The fourth-order valence-corrected chi connectivity index (χ4v) is 2.77. The first kappa shape index (κ1) is 12.9. The number of nitrogens with one attached hydrogen (secondary N) is 2. The third-order valence-electron chi connectivity index (χ3n) is 3.85. The monoisotopic (exact) mass is 274 g/mol. The Balaban J connectivity index is 1.67. The van der Waals surface area contributed by atoms with Gasteiger partial charge in [-0.15, -0.1) is 0 Å². The van der Waals surface area contributed by atoms with Crippen LogP contribution in [0.2, 0.25) is 0 Å². The molecule has 0 spiro atoms. The van der Waals surface area contributed by atoms with E-state index in [1.807, 2.05) is 0 Å². The van der Waals surface area contributed by atoms with Crippen LogP contribution < -0.4 is 5.32 Å². The SMILES string of the molecule is O=C(NCc1ccon1)c1cn[nH]c1C1CCCCC1. The summed E-state index contributed by atoms with van der Waals surface area (Å²) in [6, 6.07) is 1.73. The molecule has 6 heteroatoms. The molecule has 1 aliphatic rings. The first-order valence-corrected chi connectivity index (χ1v) is 7.05. The lowest BCUT2D eigenvalue weighted by molar-refractivity contribution is 0.0948. The summed E-state index contributed by atoms with van der Waals surface area (Å²) in [5, 5.41) is 13.7. The molecule has 2 heterocycles. The van der Waals surface area contributed by atoms with Crippen molar-refractivity contribution in [3.05, 3.63) is 35.5 Å². The van der Waals surface area contributed by atoms with Crippen LogP contribution in [-0.2, 0) is 6.54 Å². The first-order chi connectivity index (χ1) is 9.84. The van der Waals surface area contributed by atoms with Gasteiger partial charge in [-0.3, -0.25) is 9.89 Å². The Labute approximate surface area is 116 Å². The molecule has 0 aliphatic heterocycles. The van der Waals surface area contributed by atoms with Crippen LogP contribution in [0.4, 0.5) is 0 Å². The van der Waals surface area contributed by atoms with Gasteiger partial charge in [0, 0.05) is 12.0 Å². The molecule has 0 bridgehead atoms. The maximum Gasteiger partial charge on any atom is 0.255 e. The lowest BCUT2D eigenvalue weighted by Crippen LogP contribution is -2.24. The molecule has 1 aliphatic carbocycles. The van der Waals surface area contributed by atoms with Crippen LogP contribution in [0.25, 0.3) is 0 Å². The van der Waals surface area contributed by atoms with Gasteiger partial charge in [0.1, 0.15) is 12.0 Å². The maximum atomic E-state index is 12.2. The van der Waals surface area contributed by atoms with Gasteiger partial charge in [-0.25, -0.2) is 0 Å². The van der Waals surface area contributed by atoms with E-state index in [2.05, 4.69) is 20.7 Å². The van der Waals surface area contributed by atoms with E-state index < -0.39 is 0 Å². The van der Waals surface area contributed by atoms with Gasteiger partial charge in [0.2, 0.25) is 0 Å². The second kappa shape index (κ2) is 5.90. The third kappa shape index (κ3) is 2.74. The highest BCUT2D eigenvalue weighted by atomic mass is 16.5. The number of amides is 1. The van der Waals surface area contributed by atoms with E-state index in [1.54, 1.807) is 12.3 Å². The largest absolute Gasteiger partial charge is 0.364 e. The molecular formula is C14H18N4O2. The zero-order valence-corrected chi connectivity index (χ0v) is 11.3. The molecule has 2 aromatic heterocycles. The summed E-state index contributed by atoms with van der Waals surface area (Å²) in [4.78, 5) is 12.2. The van der Waals surface area contributed by atoms with Gasteiger partial charge >= 0.3 is 0 Å². The van der Waals surface area contributed by atoms with Gasteiger partial charge in [0.15, 0.2) is 0 Å².